The molecule has 0 saturated heterocycles. The van der Waals surface area contributed by atoms with Gasteiger partial charge in [-0.1, -0.05) is 25.1 Å². The van der Waals surface area contributed by atoms with Gasteiger partial charge in [0.25, 0.3) is 0 Å². The van der Waals surface area contributed by atoms with Gasteiger partial charge >= 0.3 is 0 Å². The molecule has 2 aromatic rings. The minimum Gasteiger partial charge on any atom is -0.347 e. The lowest BCUT2D eigenvalue weighted by Crippen LogP contribution is -2.40. The fraction of sp³-hybridized carbons (Fsp3) is 0.381. The van der Waals surface area contributed by atoms with E-state index >= 15 is 0 Å². The number of aromatic nitrogens is 1. The van der Waals surface area contributed by atoms with Crippen molar-refractivity contribution in [3.8, 4) is 0 Å². The van der Waals surface area contributed by atoms with Crippen molar-refractivity contribution in [2.75, 3.05) is 5.32 Å². The van der Waals surface area contributed by atoms with Crippen LogP contribution in [-0.4, -0.2) is 16.8 Å². The highest BCUT2D eigenvalue weighted by atomic mass is 16.2. The number of pyridine rings is 1. The number of carbonyl (C=O) groups excluding carboxylic acids is 2. The largest absolute Gasteiger partial charge is 0.347 e. The van der Waals surface area contributed by atoms with E-state index in [0.29, 0.717) is 6.42 Å². The normalized spacial score (nSPS) is 18.9. The first-order valence-corrected chi connectivity index (χ1v) is 9.03. The molecule has 1 aliphatic carbocycles. The van der Waals surface area contributed by atoms with Crippen molar-refractivity contribution in [2.45, 2.75) is 45.1 Å². The lowest BCUT2D eigenvalue weighted by molar-refractivity contribution is -0.122. The average Bonchev–Trinajstić information content (AvgIpc) is 3.43. The summed E-state index contributed by atoms with van der Waals surface area (Å²) in [6.45, 7) is 5.77. The fourth-order valence-electron chi connectivity index (χ4n) is 3.16. The van der Waals surface area contributed by atoms with Crippen molar-refractivity contribution >= 4 is 17.5 Å². The molecule has 1 aromatic heterocycles. The van der Waals surface area contributed by atoms with Gasteiger partial charge in [-0.05, 0) is 55.5 Å². The second-order valence-electron chi connectivity index (χ2n) is 7.33. The quantitative estimate of drug-likeness (QED) is 0.835. The van der Waals surface area contributed by atoms with Crippen LogP contribution in [0.4, 0.5) is 5.69 Å². The minimum atomic E-state index is -0.447. The van der Waals surface area contributed by atoms with Crippen LogP contribution in [0.2, 0.25) is 0 Å². The van der Waals surface area contributed by atoms with Crippen LogP contribution >= 0.6 is 0 Å². The SMILES string of the molecule is CCC(=O)NC(C)(C)c1ccc(NC(=O)[C@H]2C[C@@H]2c2cccnc2)cc1. The van der Waals surface area contributed by atoms with Gasteiger partial charge in [0.15, 0.2) is 0 Å². The minimum absolute atomic E-state index is 0.0131. The summed E-state index contributed by atoms with van der Waals surface area (Å²) in [5.41, 5.74) is 2.44. The van der Waals surface area contributed by atoms with Crippen molar-refractivity contribution in [3.63, 3.8) is 0 Å². The Bertz CT molecular complexity index is 785. The van der Waals surface area contributed by atoms with Crippen LogP contribution in [0.1, 0.15) is 50.7 Å². The van der Waals surface area contributed by atoms with Crippen LogP contribution in [-0.2, 0) is 15.1 Å². The van der Waals surface area contributed by atoms with Gasteiger partial charge in [0.1, 0.15) is 0 Å². The maximum atomic E-state index is 12.4. The molecule has 0 radical (unpaired) electrons. The van der Waals surface area contributed by atoms with E-state index in [9.17, 15) is 9.59 Å². The molecule has 2 atom stereocenters. The summed E-state index contributed by atoms with van der Waals surface area (Å²) in [5.74, 6) is 0.345. The Labute approximate surface area is 154 Å². The van der Waals surface area contributed by atoms with Crippen molar-refractivity contribution in [1.82, 2.24) is 10.3 Å². The molecule has 0 spiro atoms. The summed E-state index contributed by atoms with van der Waals surface area (Å²) < 4.78 is 0. The molecule has 0 unspecified atom stereocenters. The van der Waals surface area contributed by atoms with E-state index in [1.165, 1.54) is 0 Å². The number of benzene rings is 1. The zero-order valence-corrected chi connectivity index (χ0v) is 15.5. The molecule has 1 saturated carbocycles. The number of carbonyl (C=O) groups is 2. The highest BCUT2D eigenvalue weighted by molar-refractivity contribution is 5.95. The highest BCUT2D eigenvalue weighted by Crippen LogP contribution is 2.47. The summed E-state index contributed by atoms with van der Waals surface area (Å²) in [7, 11) is 0. The zero-order valence-electron chi connectivity index (χ0n) is 15.5. The molecule has 1 heterocycles. The third kappa shape index (κ3) is 4.10. The van der Waals surface area contributed by atoms with E-state index in [1.54, 1.807) is 6.20 Å². The highest BCUT2D eigenvalue weighted by Gasteiger charge is 2.44. The number of hydrogen-bond donors (Lipinski definition) is 2. The summed E-state index contributed by atoms with van der Waals surface area (Å²) in [5, 5.41) is 5.99. The van der Waals surface area contributed by atoms with E-state index in [0.717, 1.165) is 23.2 Å². The Morgan fingerprint density at radius 2 is 1.92 bits per heavy atom. The van der Waals surface area contributed by atoms with Crippen molar-refractivity contribution < 1.29 is 9.59 Å². The molecule has 5 nitrogen and oxygen atoms in total. The molecule has 0 bridgehead atoms. The van der Waals surface area contributed by atoms with Crippen LogP contribution in [0.5, 0.6) is 0 Å². The molecule has 2 N–H and O–H groups in total. The molecule has 3 rings (SSSR count). The first kappa shape index (κ1) is 18.1. The van der Waals surface area contributed by atoms with Crippen LogP contribution in [0.15, 0.2) is 48.8 Å². The van der Waals surface area contributed by atoms with Gasteiger partial charge in [0, 0.05) is 30.4 Å². The molecule has 26 heavy (non-hydrogen) atoms. The van der Waals surface area contributed by atoms with Crippen LogP contribution < -0.4 is 10.6 Å². The smallest absolute Gasteiger partial charge is 0.228 e. The van der Waals surface area contributed by atoms with Gasteiger partial charge in [0.2, 0.25) is 11.8 Å². The third-order valence-corrected chi connectivity index (χ3v) is 4.89. The number of nitrogens with one attached hydrogen (secondary N) is 2. The van der Waals surface area contributed by atoms with Crippen molar-refractivity contribution in [1.29, 1.82) is 0 Å². The van der Waals surface area contributed by atoms with E-state index < -0.39 is 5.54 Å². The average molecular weight is 351 g/mol. The first-order chi connectivity index (χ1) is 12.4. The van der Waals surface area contributed by atoms with Crippen molar-refractivity contribution in [3.05, 3.63) is 59.9 Å². The summed E-state index contributed by atoms with van der Waals surface area (Å²) >= 11 is 0. The second kappa shape index (κ2) is 7.28. The Balaban J connectivity index is 1.60. The summed E-state index contributed by atoms with van der Waals surface area (Å²) in [6, 6.07) is 11.6. The maximum absolute atomic E-state index is 12.4. The molecule has 1 aromatic carbocycles. The monoisotopic (exact) mass is 351 g/mol. The molecule has 136 valence electrons. The topological polar surface area (TPSA) is 71.1 Å². The number of anilines is 1. The summed E-state index contributed by atoms with van der Waals surface area (Å²) in [6.07, 6.45) is 4.90. The molecular formula is C21H25N3O2. The number of nitrogens with zero attached hydrogens (tertiary/aromatic N) is 1. The molecule has 0 aliphatic heterocycles. The van der Waals surface area contributed by atoms with Gasteiger partial charge in [-0.3, -0.25) is 14.6 Å². The maximum Gasteiger partial charge on any atom is 0.228 e. The van der Waals surface area contributed by atoms with E-state index in [1.807, 2.05) is 63.4 Å². The van der Waals surface area contributed by atoms with E-state index in [2.05, 4.69) is 15.6 Å². The number of amides is 2. The predicted molar refractivity (Wildman–Crippen MR) is 102 cm³/mol. The van der Waals surface area contributed by atoms with Crippen LogP contribution in [0, 0.1) is 5.92 Å². The van der Waals surface area contributed by atoms with E-state index in [4.69, 9.17) is 0 Å². The van der Waals surface area contributed by atoms with Crippen LogP contribution in [0.3, 0.4) is 0 Å². The molecule has 1 aliphatic rings. The standard InChI is InChI=1S/C21H25N3O2/c1-4-19(25)24-21(2,3)15-7-9-16(10-8-15)23-20(26)18-12-17(18)14-6-5-11-22-13-14/h5-11,13,17-18H,4,12H2,1-3H3,(H,23,26)(H,24,25)/t17-,18+/m1/s1. The zero-order chi connectivity index (χ0) is 18.7. The molecule has 5 heteroatoms. The number of rotatable bonds is 6. The Morgan fingerprint density at radius 1 is 1.19 bits per heavy atom. The number of hydrogen-bond acceptors (Lipinski definition) is 3. The molecule has 1 fully saturated rings. The van der Waals surface area contributed by atoms with Crippen LogP contribution in [0.25, 0.3) is 0 Å². The Hall–Kier alpha value is -2.69. The molecular weight excluding hydrogens is 326 g/mol. The Morgan fingerprint density at radius 3 is 2.54 bits per heavy atom. The van der Waals surface area contributed by atoms with Gasteiger partial charge in [-0.2, -0.15) is 0 Å². The van der Waals surface area contributed by atoms with Gasteiger partial charge in [-0.25, -0.2) is 0 Å². The molecule has 2 amide bonds. The van der Waals surface area contributed by atoms with Gasteiger partial charge in [0.05, 0.1) is 5.54 Å². The third-order valence-electron chi connectivity index (χ3n) is 4.89. The summed E-state index contributed by atoms with van der Waals surface area (Å²) in [4.78, 5) is 28.2. The lowest BCUT2D eigenvalue weighted by atomic mass is 9.94. The van der Waals surface area contributed by atoms with Crippen molar-refractivity contribution in [2.24, 2.45) is 5.92 Å². The van der Waals surface area contributed by atoms with Gasteiger partial charge < -0.3 is 10.6 Å². The predicted octanol–water partition coefficient (Wildman–Crippen LogP) is 3.59. The second-order valence-corrected chi connectivity index (χ2v) is 7.33. The van der Waals surface area contributed by atoms with Gasteiger partial charge in [-0.15, -0.1) is 0 Å². The van der Waals surface area contributed by atoms with E-state index in [-0.39, 0.29) is 23.7 Å². The Kier molecular flexibility index (Phi) is 5.07. The first-order valence-electron chi connectivity index (χ1n) is 9.03. The fourth-order valence-corrected chi connectivity index (χ4v) is 3.16. The lowest BCUT2D eigenvalue weighted by Gasteiger charge is -2.27.